The zero-order valence-electron chi connectivity index (χ0n) is 18.8. The Hall–Kier alpha value is -3.29. The van der Waals surface area contributed by atoms with E-state index in [1.165, 1.54) is 6.20 Å². The van der Waals surface area contributed by atoms with Crippen molar-refractivity contribution >= 4 is 34.7 Å². The zero-order chi connectivity index (χ0) is 23.4. The lowest BCUT2D eigenvalue weighted by atomic mass is 10.1. The van der Waals surface area contributed by atoms with Crippen LogP contribution in [0.15, 0.2) is 60.8 Å². The molecule has 8 heteroatoms. The molecule has 1 unspecified atom stereocenters. The molecule has 1 aromatic heterocycles. The third kappa shape index (κ3) is 5.74. The third-order valence-corrected chi connectivity index (χ3v) is 5.97. The highest BCUT2D eigenvalue weighted by molar-refractivity contribution is 6.30. The topological polar surface area (TPSA) is 83.7 Å². The van der Waals surface area contributed by atoms with Gasteiger partial charge in [-0.25, -0.2) is 4.98 Å². The van der Waals surface area contributed by atoms with Crippen LogP contribution >= 0.6 is 11.6 Å². The van der Waals surface area contributed by atoms with Gasteiger partial charge in [0.15, 0.2) is 11.6 Å². The largest absolute Gasteiger partial charge is 0.482 e. The molecule has 1 aliphatic heterocycles. The number of likely N-dealkylation sites (N-methyl/N-ethyl adjacent to an activating group) is 1. The molecule has 0 aliphatic carbocycles. The number of pyridine rings is 1. The second-order valence-electron chi connectivity index (χ2n) is 8.21. The van der Waals surface area contributed by atoms with E-state index in [1.54, 1.807) is 6.07 Å². The van der Waals surface area contributed by atoms with E-state index >= 15 is 0 Å². The first-order valence-corrected chi connectivity index (χ1v) is 11.3. The molecule has 1 saturated heterocycles. The van der Waals surface area contributed by atoms with Crippen molar-refractivity contribution in [3.8, 4) is 5.75 Å². The molecule has 33 heavy (non-hydrogen) atoms. The van der Waals surface area contributed by atoms with Crippen molar-refractivity contribution in [2.45, 2.75) is 13.0 Å². The highest BCUT2D eigenvalue weighted by Crippen LogP contribution is 2.29. The molecule has 2 aromatic carbocycles. The summed E-state index contributed by atoms with van der Waals surface area (Å²) in [6, 6.07) is 16.9. The van der Waals surface area contributed by atoms with Crippen molar-refractivity contribution < 1.29 is 9.53 Å². The average molecular weight is 466 g/mol. The summed E-state index contributed by atoms with van der Waals surface area (Å²) in [5.41, 5.74) is 9.21. The Balaban J connectivity index is 1.40. The van der Waals surface area contributed by atoms with E-state index in [2.05, 4.69) is 27.1 Å². The predicted molar refractivity (Wildman–Crippen MR) is 133 cm³/mol. The molecule has 4 rings (SSSR count). The lowest BCUT2D eigenvalue weighted by molar-refractivity contribution is 0.102. The van der Waals surface area contributed by atoms with Crippen LogP contribution in [0.1, 0.15) is 28.9 Å². The maximum Gasteiger partial charge on any atom is 0.255 e. The molecule has 0 radical (unpaired) electrons. The molecule has 1 atom stereocenters. The number of carbonyl (C=O) groups is 1. The fraction of sp³-hybridized carbons (Fsp3) is 0.280. The van der Waals surface area contributed by atoms with E-state index in [0.29, 0.717) is 22.0 Å². The van der Waals surface area contributed by atoms with E-state index in [9.17, 15) is 4.79 Å². The minimum absolute atomic E-state index is 0.158. The van der Waals surface area contributed by atoms with E-state index < -0.39 is 0 Å². The smallest absolute Gasteiger partial charge is 0.255 e. The Morgan fingerprint density at radius 3 is 2.58 bits per heavy atom. The van der Waals surface area contributed by atoms with Crippen LogP contribution in [0.25, 0.3) is 0 Å². The summed E-state index contributed by atoms with van der Waals surface area (Å²) in [7, 11) is 2.14. The fourth-order valence-corrected chi connectivity index (χ4v) is 3.89. The predicted octanol–water partition coefficient (Wildman–Crippen LogP) is 4.46. The maximum atomic E-state index is 12.8. The van der Waals surface area contributed by atoms with Crippen LogP contribution in [0.2, 0.25) is 5.02 Å². The number of hydrogen-bond donors (Lipinski definition) is 2. The van der Waals surface area contributed by atoms with Crippen LogP contribution in [0.4, 0.5) is 17.2 Å². The number of nitrogens with two attached hydrogens (primary N) is 1. The Bertz CT molecular complexity index is 1110. The number of benzene rings is 2. The van der Waals surface area contributed by atoms with E-state index in [4.69, 9.17) is 22.1 Å². The molecule has 172 valence electrons. The van der Waals surface area contributed by atoms with Gasteiger partial charge in [0.05, 0.1) is 5.02 Å². The number of rotatable bonds is 6. The van der Waals surface area contributed by atoms with Gasteiger partial charge in [0.2, 0.25) is 0 Å². The van der Waals surface area contributed by atoms with E-state index in [-0.39, 0.29) is 17.8 Å². The average Bonchev–Trinajstić information content (AvgIpc) is 2.82. The van der Waals surface area contributed by atoms with Crippen LogP contribution in [-0.4, -0.2) is 49.0 Å². The summed E-state index contributed by atoms with van der Waals surface area (Å²) in [5.74, 6) is 0.537. The van der Waals surface area contributed by atoms with Crippen molar-refractivity contribution in [2.75, 3.05) is 49.2 Å². The molecule has 0 saturated carbocycles. The van der Waals surface area contributed by atoms with Gasteiger partial charge >= 0.3 is 0 Å². The van der Waals surface area contributed by atoms with Gasteiger partial charge in [-0.3, -0.25) is 4.79 Å². The van der Waals surface area contributed by atoms with Gasteiger partial charge in [0, 0.05) is 55.4 Å². The molecular weight excluding hydrogens is 438 g/mol. The second kappa shape index (κ2) is 10.1. The quantitative estimate of drug-likeness (QED) is 0.559. The minimum atomic E-state index is -0.313. The molecule has 0 spiro atoms. The normalized spacial score (nSPS) is 15.2. The van der Waals surface area contributed by atoms with Crippen LogP contribution in [0.3, 0.4) is 0 Å². The Kier molecular flexibility index (Phi) is 7.01. The highest BCUT2D eigenvalue weighted by Gasteiger charge is 2.16. The van der Waals surface area contributed by atoms with Crippen molar-refractivity contribution in [1.29, 1.82) is 0 Å². The number of halogens is 1. The lowest BCUT2D eigenvalue weighted by Gasteiger charge is -2.34. The number of carbonyl (C=O) groups excluding carboxylic acids is 1. The molecule has 3 N–H and O–H groups in total. The molecular formula is C25H28ClN5O2. The summed E-state index contributed by atoms with van der Waals surface area (Å²) in [6.07, 6.45) is 1.16. The Labute approximate surface area is 199 Å². The van der Waals surface area contributed by atoms with Crippen molar-refractivity contribution in [3.05, 3.63) is 76.9 Å². The van der Waals surface area contributed by atoms with Gasteiger partial charge in [0.25, 0.3) is 5.91 Å². The van der Waals surface area contributed by atoms with Crippen molar-refractivity contribution in [2.24, 2.45) is 0 Å². The number of nitrogens with one attached hydrogen (secondary N) is 1. The summed E-state index contributed by atoms with van der Waals surface area (Å²) in [5, 5.41) is 3.42. The zero-order valence-corrected chi connectivity index (χ0v) is 19.5. The van der Waals surface area contributed by atoms with Gasteiger partial charge < -0.3 is 25.6 Å². The Morgan fingerprint density at radius 2 is 1.85 bits per heavy atom. The van der Waals surface area contributed by atoms with Gasteiger partial charge in [-0.05, 0) is 55.9 Å². The maximum absolute atomic E-state index is 12.8. The number of piperazine rings is 1. The van der Waals surface area contributed by atoms with Crippen LogP contribution in [0.5, 0.6) is 5.75 Å². The number of amides is 1. The van der Waals surface area contributed by atoms with E-state index in [1.807, 2.05) is 55.5 Å². The third-order valence-electron chi connectivity index (χ3n) is 5.76. The van der Waals surface area contributed by atoms with E-state index in [0.717, 1.165) is 37.4 Å². The molecule has 3 aromatic rings. The number of hydrogen-bond acceptors (Lipinski definition) is 6. The van der Waals surface area contributed by atoms with Gasteiger partial charge in [-0.15, -0.1) is 0 Å². The van der Waals surface area contributed by atoms with Gasteiger partial charge in [-0.1, -0.05) is 23.7 Å². The SMILES string of the molecule is CC(Oc1cc(Cl)cnc1N)c1cccc(NC(=O)c2ccc(N3CCN(C)CC3)cc2)c1. The summed E-state index contributed by atoms with van der Waals surface area (Å²) in [6.45, 7) is 5.97. The molecule has 1 fully saturated rings. The van der Waals surface area contributed by atoms with Crippen molar-refractivity contribution in [3.63, 3.8) is 0 Å². The monoisotopic (exact) mass is 465 g/mol. The molecule has 0 bridgehead atoms. The lowest BCUT2D eigenvalue weighted by Crippen LogP contribution is -2.44. The van der Waals surface area contributed by atoms with Crippen molar-refractivity contribution in [1.82, 2.24) is 9.88 Å². The standard InChI is InChI=1S/C25H28ClN5O2/c1-17(33-23-15-20(26)16-28-24(23)27)19-4-3-5-21(14-19)29-25(32)18-6-8-22(9-7-18)31-12-10-30(2)11-13-31/h3-9,14-17H,10-13H2,1-2H3,(H2,27,28)(H,29,32). The molecule has 1 amide bonds. The Morgan fingerprint density at radius 1 is 1.12 bits per heavy atom. The van der Waals surface area contributed by atoms with Gasteiger partial charge in [-0.2, -0.15) is 0 Å². The van der Waals surface area contributed by atoms with Crippen LogP contribution < -0.4 is 20.7 Å². The van der Waals surface area contributed by atoms with Crippen LogP contribution in [0, 0.1) is 0 Å². The molecule has 2 heterocycles. The number of aromatic nitrogens is 1. The number of ether oxygens (including phenoxy) is 1. The van der Waals surface area contributed by atoms with Gasteiger partial charge in [0.1, 0.15) is 6.10 Å². The van der Waals surface area contributed by atoms with Crippen LogP contribution in [-0.2, 0) is 0 Å². The molecule has 1 aliphatic rings. The number of anilines is 3. The molecule has 7 nitrogen and oxygen atoms in total. The first kappa shape index (κ1) is 22.9. The second-order valence-corrected chi connectivity index (χ2v) is 8.65. The fourth-order valence-electron chi connectivity index (χ4n) is 3.74. The summed E-state index contributed by atoms with van der Waals surface area (Å²) in [4.78, 5) is 21.5. The summed E-state index contributed by atoms with van der Waals surface area (Å²) >= 11 is 6.00. The summed E-state index contributed by atoms with van der Waals surface area (Å²) < 4.78 is 5.94. The minimum Gasteiger partial charge on any atom is -0.482 e. The number of nitrogen functional groups attached to an aromatic ring is 1. The highest BCUT2D eigenvalue weighted by atomic mass is 35.5. The first-order chi connectivity index (χ1) is 15.9. The first-order valence-electron chi connectivity index (χ1n) is 10.9. The number of nitrogens with zero attached hydrogens (tertiary/aromatic N) is 3.